The van der Waals surface area contributed by atoms with Crippen LogP contribution in [0.4, 0.5) is 0 Å². The van der Waals surface area contributed by atoms with Gasteiger partial charge in [-0.3, -0.25) is 4.68 Å². The maximum atomic E-state index is 6.29. The maximum Gasteiger partial charge on any atom is 0.0677 e. The van der Waals surface area contributed by atoms with Crippen molar-refractivity contribution in [1.29, 1.82) is 0 Å². The molecule has 1 unspecified atom stereocenters. The first-order chi connectivity index (χ1) is 8.24. The zero-order valence-electron chi connectivity index (χ0n) is 9.72. The Morgan fingerprint density at radius 2 is 2.41 bits per heavy atom. The first kappa shape index (κ1) is 11.3. The Balaban J connectivity index is 1.91. The molecular formula is C12H15N3S2. The van der Waals surface area contributed by atoms with Crippen molar-refractivity contribution in [2.24, 2.45) is 12.8 Å². The van der Waals surface area contributed by atoms with Crippen molar-refractivity contribution in [3.8, 4) is 0 Å². The van der Waals surface area contributed by atoms with Crippen molar-refractivity contribution >= 4 is 23.1 Å². The monoisotopic (exact) mass is 265 g/mol. The molecule has 3 rings (SSSR count). The van der Waals surface area contributed by atoms with Gasteiger partial charge in [-0.2, -0.15) is 16.9 Å². The van der Waals surface area contributed by atoms with Gasteiger partial charge in [0, 0.05) is 34.3 Å². The summed E-state index contributed by atoms with van der Waals surface area (Å²) >= 11 is 3.88. The quantitative estimate of drug-likeness (QED) is 0.906. The van der Waals surface area contributed by atoms with Crippen LogP contribution in [0.25, 0.3) is 0 Å². The van der Waals surface area contributed by atoms with Crippen molar-refractivity contribution < 1.29 is 0 Å². The molecule has 17 heavy (non-hydrogen) atoms. The number of nitrogens with zero attached hydrogens (tertiary/aromatic N) is 2. The van der Waals surface area contributed by atoms with E-state index in [0.29, 0.717) is 0 Å². The Morgan fingerprint density at radius 1 is 1.53 bits per heavy atom. The van der Waals surface area contributed by atoms with Gasteiger partial charge >= 0.3 is 0 Å². The molecule has 0 fully saturated rings. The number of nitrogens with two attached hydrogens (primary N) is 1. The van der Waals surface area contributed by atoms with Gasteiger partial charge in [-0.1, -0.05) is 0 Å². The van der Waals surface area contributed by atoms with Gasteiger partial charge in [0.05, 0.1) is 12.2 Å². The third-order valence-electron chi connectivity index (χ3n) is 3.04. The first-order valence-electron chi connectivity index (χ1n) is 5.67. The SMILES string of the molecule is Cn1cc(C(N)c2cc3c(s2)CCSC3)cn1. The standard InChI is InChI=1S/C12H15N3S2/c1-15-6-9(5-14-15)12(13)11-4-8-7-16-3-2-10(8)17-11/h4-6,12H,2-3,7,13H2,1H3. The summed E-state index contributed by atoms with van der Waals surface area (Å²) < 4.78 is 1.80. The number of thioether (sulfide) groups is 1. The molecule has 0 radical (unpaired) electrons. The van der Waals surface area contributed by atoms with E-state index >= 15 is 0 Å². The lowest BCUT2D eigenvalue weighted by atomic mass is 10.1. The molecule has 90 valence electrons. The molecule has 1 atom stereocenters. The normalized spacial score (nSPS) is 16.8. The molecule has 1 aliphatic heterocycles. The van der Waals surface area contributed by atoms with Crippen molar-refractivity contribution in [1.82, 2.24) is 9.78 Å². The molecule has 2 aromatic rings. The molecule has 0 spiro atoms. The minimum atomic E-state index is -0.0238. The summed E-state index contributed by atoms with van der Waals surface area (Å²) in [7, 11) is 1.92. The van der Waals surface area contributed by atoms with E-state index in [1.54, 1.807) is 4.68 Å². The average Bonchev–Trinajstić information content (AvgIpc) is 2.93. The van der Waals surface area contributed by atoms with Gasteiger partial charge in [-0.05, 0) is 23.8 Å². The van der Waals surface area contributed by atoms with Gasteiger partial charge in [0.2, 0.25) is 0 Å². The lowest BCUT2D eigenvalue weighted by Gasteiger charge is -2.08. The third kappa shape index (κ3) is 2.14. The van der Waals surface area contributed by atoms with E-state index in [9.17, 15) is 0 Å². The van der Waals surface area contributed by atoms with Crippen molar-refractivity contribution in [3.05, 3.63) is 39.3 Å². The van der Waals surface area contributed by atoms with Crippen LogP contribution in [0.2, 0.25) is 0 Å². The van der Waals surface area contributed by atoms with Gasteiger partial charge in [0.25, 0.3) is 0 Å². The molecule has 3 nitrogen and oxygen atoms in total. The largest absolute Gasteiger partial charge is 0.320 e. The fraction of sp³-hybridized carbons (Fsp3) is 0.417. The molecule has 0 bridgehead atoms. The second kappa shape index (κ2) is 4.48. The van der Waals surface area contributed by atoms with Gasteiger partial charge in [-0.15, -0.1) is 11.3 Å². The second-order valence-electron chi connectivity index (χ2n) is 4.32. The molecule has 5 heteroatoms. The number of hydrogen-bond acceptors (Lipinski definition) is 4. The molecule has 3 heterocycles. The lowest BCUT2D eigenvalue weighted by molar-refractivity contribution is 0.765. The zero-order chi connectivity index (χ0) is 11.8. The van der Waals surface area contributed by atoms with Crippen LogP contribution in [0, 0.1) is 0 Å². The van der Waals surface area contributed by atoms with Crippen molar-refractivity contribution in [2.45, 2.75) is 18.2 Å². The van der Waals surface area contributed by atoms with E-state index in [4.69, 9.17) is 5.73 Å². The van der Waals surface area contributed by atoms with Crippen molar-refractivity contribution in [2.75, 3.05) is 5.75 Å². The molecule has 0 aromatic carbocycles. The fourth-order valence-electron chi connectivity index (χ4n) is 2.09. The number of thiophene rings is 1. The average molecular weight is 265 g/mol. The molecule has 0 saturated heterocycles. The van der Waals surface area contributed by atoms with Crippen LogP contribution in [-0.4, -0.2) is 15.5 Å². The lowest BCUT2D eigenvalue weighted by Crippen LogP contribution is -2.09. The minimum absolute atomic E-state index is 0.0238. The topological polar surface area (TPSA) is 43.8 Å². The van der Waals surface area contributed by atoms with Gasteiger partial charge in [-0.25, -0.2) is 0 Å². The highest BCUT2D eigenvalue weighted by atomic mass is 32.2. The van der Waals surface area contributed by atoms with Crippen LogP contribution in [0.15, 0.2) is 18.5 Å². The number of aromatic nitrogens is 2. The second-order valence-corrected chi connectivity index (χ2v) is 6.60. The van der Waals surface area contributed by atoms with Gasteiger partial charge < -0.3 is 5.73 Å². The number of rotatable bonds is 2. The van der Waals surface area contributed by atoms with Crippen molar-refractivity contribution in [3.63, 3.8) is 0 Å². The summed E-state index contributed by atoms with van der Waals surface area (Å²) in [6.07, 6.45) is 5.06. The Morgan fingerprint density at radius 3 is 3.12 bits per heavy atom. The van der Waals surface area contributed by atoms with E-state index in [2.05, 4.69) is 11.2 Å². The molecular weight excluding hydrogens is 250 g/mol. The summed E-state index contributed by atoms with van der Waals surface area (Å²) in [5, 5.41) is 4.18. The fourth-order valence-corrected chi connectivity index (χ4v) is 4.49. The van der Waals surface area contributed by atoms with Crippen LogP contribution in [0.3, 0.4) is 0 Å². The van der Waals surface area contributed by atoms with Crippen LogP contribution >= 0.6 is 23.1 Å². The van der Waals surface area contributed by atoms with E-state index < -0.39 is 0 Å². The minimum Gasteiger partial charge on any atom is -0.320 e. The van der Waals surface area contributed by atoms with E-state index in [1.807, 2.05) is 42.5 Å². The highest BCUT2D eigenvalue weighted by Crippen LogP contribution is 2.35. The Hall–Kier alpha value is -0.780. The molecule has 1 aliphatic rings. The van der Waals surface area contributed by atoms with Crippen LogP contribution in [-0.2, 0) is 19.2 Å². The number of fused-ring (bicyclic) bond motifs is 1. The molecule has 0 amide bonds. The highest BCUT2D eigenvalue weighted by molar-refractivity contribution is 7.98. The maximum absolute atomic E-state index is 6.29. The molecule has 0 aliphatic carbocycles. The summed E-state index contributed by atoms with van der Waals surface area (Å²) in [4.78, 5) is 2.79. The Labute approximate surface area is 109 Å². The molecule has 0 saturated carbocycles. The Bertz CT molecular complexity index is 506. The summed E-state index contributed by atoms with van der Waals surface area (Å²) in [5.74, 6) is 2.39. The molecule has 2 N–H and O–H groups in total. The highest BCUT2D eigenvalue weighted by Gasteiger charge is 2.18. The summed E-state index contributed by atoms with van der Waals surface area (Å²) in [6, 6.07) is 2.26. The first-order valence-corrected chi connectivity index (χ1v) is 7.64. The zero-order valence-corrected chi connectivity index (χ0v) is 11.4. The van der Waals surface area contributed by atoms with E-state index in [-0.39, 0.29) is 6.04 Å². The third-order valence-corrected chi connectivity index (χ3v) is 5.37. The predicted octanol–water partition coefficient (Wildman–Crippen LogP) is 2.32. The van der Waals surface area contributed by atoms with E-state index in [0.717, 1.165) is 11.3 Å². The summed E-state index contributed by atoms with van der Waals surface area (Å²) in [6.45, 7) is 0. The van der Waals surface area contributed by atoms with Crippen LogP contribution in [0.5, 0.6) is 0 Å². The van der Waals surface area contributed by atoms with Gasteiger partial charge in [0.15, 0.2) is 0 Å². The molecule has 2 aromatic heterocycles. The van der Waals surface area contributed by atoms with E-state index in [1.165, 1.54) is 27.5 Å². The number of hydrogen-bond donors (Lipinski definition) is 1. The predicted molar refractivity (Wildman–Crippen MR) is 73.4 cm³/mol. The summed E-state index contributed by atoms with van der Waals surface area (Å²) in [5.41, 5.74) is 8.87. The smallest absolute Gasteiger partial charge is 0.0677 e. The Kier molecular flexibility index (Phi) is 2.98. The van der Waals surface area contributed by atoms with Crippen LogP contribution in [0.1, 0.15) is 26.9 Å². The number of aryl methyl sites for hydroxylation is 2. The van der Waals surface area contributed by atoms with Gasteiger partial charge in [0.1, 0.15) is 0 Å². The van der Waals surface area contributed by atoms with Crippen LogP contribution < -0.4 is 5.73 Å².